The third kappa shape index (κ3) is 2.84. The van der Waals surface area contributed by atoms with Crippen LogP contribution in [0, 0.1) is 0 Å². The van der Waals surface area contributed by atoms with E-state index in [1.165, 1.54) is 6.33 Å². The van der Waals surface area contributed by atoms with Gasteiger partial charge in [-0.3, -0.25) is 0 Å². The first kappa shape index (κ1) is 16.0. The molecule has 0 saturated carbocycles. The van der Waals surface area contributed by atoms with Crippen LogP contribution in [0.25, 0.3) is 27.0 Å². The monoisotopic (exact) mass is 396 g/mol. The molecule has 0 unspecified atom stereocenters. The van der Waals surface area contributed by atoms with Crippen molar-refractivity contribution < 1.29 is 9.15 Å². The van der Waals surface area contributed by atoms with Crippen LogP contribution in [-0.4, -0.2) is 19.7 Å². The van der Waals surface area contributed by atoms with Gasteiger partial charge in [0.2, 0.25) is 5.88 Å². The normalized spacial score (nSPS) is 11.3. The molecular weight excluding hydrogens is 388 g/mol. The highest BCUT2D eigenvalue weighted by Crippen LogP contribution is 2.30. The standard InChI is InChI=1S/C18H9ClN4O3S/c19-10-2-1-3-11(6-10)23-16-13(8-22-23)17(21-9-20-16)25-12-4-5-15-14(7-12)26-18(24)27-15/h1-9H. The predicted molar refractivity (Wildman–Crippen MR) is 102 cm³/mol. The lowest BCUT2D eigenvalue weighted by atomic mass is 10.3. The summed E-state index contributed by atoms with van der Waals surface area (Å²) in [6.07, 6.45) is 3.04. The summed E-state index contributed by atoms with van der Waals surface area (Å²) < 4.78 is 13.4. The summed E-state index contributed by atoms with van der Waals surface area (Å²) in [7, 11) is 0. The highest BCUT2D eigenvalue weighted by atomic mass is 35.5. The van der Waals surface area contributed by atoms with E-state index in [0.29, 0.717) is 33.3 Å². The van der Waals surface area contributed by atoms with Crippen molar-refractivity contribution in [2.45, 2.75) is 0 Å². The van der Waals surface area contributed by atoms with Crippen LogP contribution in [0.15, 0.2) is 64.2 Å². The van der Waals surface area contributed by atoms with Gasteiger partial charge in [0.1, 0.15) is 17.5 Å². The minimum atomic E-state index is -0.352. The van der Waals surface area contributed by atoms with Crippen LogP contribution in [0.1, 0.15) is 0 Å². The minimum absolute atomic E-state index is 0.352. The Labute approximate surface area is 160 Å². The fourth-order valence-corrected chi connectivity index (χ4v) is 3.56. The van der Waals surface area contributed by atoms with Crippen LogP contribution in [-0.2, 0) is 0 Å². The van der Waals surface area contributed by atoms with Crippen molar-refractivity contribution in [3.05, 3.63) is 69.7 Å². The molecule has 9 heteroatoms. The van der Waals surface area contributed by atoms with E-state index in [1.54, 1.807) is 41.2 Å². The van der Waals surface area contributed by atoms with E-state index in [-0.39, 0.29) is 4.94 Å². The molecule has 0 atom stereocenters. The largest absolute Gasteiger partial charge is 0.438 e. The summed E-state index contributed by atoms with van der Waals surface area (Å²) in [5.74, 6) is 0.852. The zero-order valence-electron chi connectivity index (χ0n) is 13.5. The van der Waals surface area contributed by atoms with E-state index in [2.05, 4.69) is 15.1 Å². The predicted octanol–water partition coefficient (Wildman–Crippen LogP) is 4.43. The van der Waals surface area contributed by atoms with Crippen LogP contribution >= 0.6 is 22.9 Å². The van der Waals surface area contributed by atoms with Gasteiger partial charge >= 0.3 is 4.94 Å². The molecule has 132 valence electrons. The van der Waals surface area contributed by atoms with Crippen LogP contribution in [0.4, 0.5) is 0 Å². The molecule has 0 spiro atoms. The van der Waals surface area contributed by atoms with E-state index in [0.717, 1.165) is 21.7 Å². The first-order valence-corrected chi connectivity index (χ1v) is 9.03. The van der Waals surface area contributed by atoms with Crippen molar-refractivity contribution in [2.24, 2.45) is 0 Å². The maximum Gasteiger partial charge on any atom is 0.396 e. The topological polar surface area (TPSA) is 83.0 Å². The van der Waals surface area contributed by atoms with Crippen LogP contribution in [0.3, 0.4) is 0 Å². The van der Waals surface area contributed by atoms with Gasteiger partial charge in [-0.05, 0) is 30.3 Å². The molecule has 2 aromatic carbocycles. The highest BCUT2D eigenvalue weighted by Gasteiger charge is 2.14. The molecule has 0 aliphatic carbocycles. The van der Waals surface area contributed by atoms with Crippen molar-refractivity contribution in [3.8, 4) is 17.3 Å². The summed E-state index contributed by atoms with van der Waals surface area (Å²) in [5.41, 5.74) is 1.84. The lowest BCUT2D eigenvalue weighted by Gasteiger charge is -2.06. The molecule has 3 heterocycles. The lowest BCUT2D eigenvalue weighted by molar-refractivity contribution is 0.467. The molecule has 0 radical (unpaired) electrons. The van der Waals surface area contributed by atoms with Gasteiger partial charge in [-0.15, -0.1) is 0 Å². The molecule has 5 aromatic rings. The average Bonchev–Trinajstić information content (AvgIpc) is 3.24. The fraction of sp³-hybridized carbons (Fsp3) is 0. The smallest absolute Gasteiger partial charge is 0.396 e. The van der Waals surface area contributed by atoms with Gasteiger partial charge in [0.05, 0.1) is 16.6 Å². The van der Waals surface area contributed by atoms with Gasteiger partial charge in [0.15, 0.2) is 11.2 Å². The lowest BCUT2D eigenvalue weighted by Crippen LogP contribution is -1.98. The molecule has 0 N–H and O–H groups in total. The Morgan fingerprint density at radius 1 is 1.15 bits per heavy atom. The van der Waals surface area contributed by atoms with E-state index in [9.17, 15) is 4.79 Å². The van der Waals surface area contributed by atoms with Gasteiger partial charge < -0.3 is 9.15 Å². The zero-order chi connectivity index (χ0) is 18.4. The number of halogens is 1. The minimum Gasteiger partial charge on any atom is -0.438 e. The second-order valence-electron chi connectivity index (χ2n) is 5.62. The van der Waals surface area contributed by atoms with E-state index < -0.39 is 0 Å². The number of fused-ring (bicyclic) bond motifs is 2. The van der Waals surface area contributed by atoms with Gasteiger partial charge in [0, 0.05) is 11.1 Å². The molecule has 0 aliphatic rings. The van der Waals surface area contributed by atoms with Crippen LogP contribution < -0.4 is 9.68 Å². The quantitative estimate of drug-likeness (QED) is 0.448. The van der Waals surface area contributed by atoms with Gasteiger partial charge in [-0.2, -0.15) is 5.10 Å². The first-order chi connectivity index (χ1) is 13.2. The van der Waals surface area contributed by atoms with Gasteiger partial charge in [-0.25, -0.2) is 19.4 Å². The number of hydrogen-bond donors (Lipinski definition) is 0. The summed E-state index contributed by atoms with van der Waals surface area (Å²) >= 11 is 7.12. The Bertz CT molecular complexity index is 1360. The van der Waals surface area contributed by atoms with Crippen LogP contribution in [0.2, 0.25) is 5.02 Å². The molecule has 27 heavy (non-hydrogen) atoms. The Morgan fingerprint density at radius 3 is 2.96 bits per heavy atom. The van der Waals surface area contributed by atoms with Gasteiger partial charge in [0.25, 0.3) is 0 Å². The number of rotatable bonds is 3. The molecular formula is C18H9ClN4O3S. The molecule has 0 fully saturated rings. The van der Waals surface area contributed by atoms with Crippen molar-refractivity contribution in [1.29, 1.82) is 0 Å². The van der Waals surface area contributed by atoms with Crippen molar-refractivity contribution in [3.63, 3.8) is 0 Å². The number of ether oxygens (including phenoxy) is 1. The molecule has 0 aliphatic heterocycles. The van der Waals surface area contributed by atoms with Crippen molar-refractivity contribution in [1.82, 2.24) is 19.7 Å². The van der Waals surface area contributed by atoms with E-state index in [4.69, 9.17) is 20.8 Å². The molecule has 5 rings (SSSR count). The number of aromatic nitrogens is 4. The van der Waals surface area contributed by atoms with E-state index in [1.807, 2.05) is 12.1 Å². The SMILES string of the molecule is O=c1oc2cc(Oc3ncnc4c3cnn4-c3cccc(Cl)c3)ccc2s1. The second kappa shape index (κ2) is 6.19. The summed E-state index contributed by atoms with van der Waals surface area (Å²) in [4.78, 5) is 19.5. The molecule has 0 saturated heterocycles. The average molecular weight is 397 g/mol. The fourth-order valence-electron chi connectivity index (χ4n) is 2.73. The maximum absolute atomic E-state index is 11.4. The third-order valence-corrected chi connectivity index (χ3v) is 4.94. The highest BCUT2D eigenvalue weighted by molar-refractivity contribution is 7.16. The number of hydrogen-bond acceptors (Lipinski definition) is 7. The van der Waals surface area contributed by atoms with Crippen molar-refractivity contribution in [2.75, 3.05) is 0 Å². The number of nitrogens with zero attached hydrogens (tertiary/aromatic N) is 4. The van der Waals surface area contributed by atoms with Crippen LogP contribution in [0.5, 0.6) is 11.6 Å². The second-order valence-corrected chi connectivity index (χ2v) is 7.03. The summed E-state index contributed by atoms with van der Waals surface area (Å²) in [6.45, 7) is 0. The third-order valence-electron chi connectivity index (χ3n) is 3.90. The van der Waals surface area contributed by atoms with Gasteiger partial charge in [-0.1, -0.05) is 29.0 Å². The summed E-state index contributed by atoms with van der Waals surface area (Å²) in [5, 5.41) is 5.63. The molecule has 7 nitrogen and oxygen atoms in total. The zero-order valence-corrected chi connectivity index (χ0v) is 15.1. The Kier molecular flexibility index (Phi) is 3.66. The Hall–Kier alpha value is -3.23. The first-order valence-electron chi connectivity index (χ1n) is 7.83. The molecule has 0 bridgehead atoms. The Morgan fingerprint density at radius 2 is 2.07 bits per heavy atom. The maximum atomic E-state index is 11.4. The van der Waals surface area contributed by atoms with E-state index >= 15 is 0 Å². The molecule has 3 aromatic heterocycles. The number of benzene rings is 2. The Balaban J connectivity index is 1.58. The summed E-state index contributed by atoms with van der Waals surface area (Å²) in [6, 6.07) is 12.5. The van der Waals surface area contributed by atoms with Crippen molar-refractivity contribution >= 4 is 44.3 Å². The molecule has 0 amide bonds.